The summed E-state index contributed by atoms with van der Waals surface area (Å²) in [6.45, 7) is 3.76. The van der Waals surface area contributed by atoms with Gasteiger partial charge in [0.2, 0.25) is 0 Å². The van der Waals surface area contributed by atoms with E-state index in [1.807, 2.05) is 12.2 Å². The molecular weight excluding hydrogens is 268 g/mol. The van der Waals surface area contributed by atoms with E-state index in [1.54, 1.807) is 0 Å². The van der Waals surface area contributed by atoms with E-state index in [4.69, 9.17) is 16.3 Å². The highest BCUT2D eigenvalue weighted by Crippen LogP contribution is 2.07. The van der Waals surface area contributed by atoms with Gasteiger partial charge in [-0.2, -0.15) is 0 Å². The van der Waals surface area contributed by atoms with E-state index >= 15 is 0 Å². The Bertz CT molecular complexity index is 265. The molecule has 0 rings (SSSR count). The summed E-state index contributed by atoms with van der Waals surface area (Å²) in [7, 11) is 0. The Kier molecular flexibility index (Phi) is 18.1. The number of alkyl halides is 1. The SMILES string of the molecule is CCCCCCCC/C=C\COCCC=C=CCCCl. The maximum absolute atomic E-state index is 5.55. The van der Waals surface area contributed by atoms with Crippen LogP contribution in [0.5, 0.6) is 0 Å². The highest BCUT2D eigenvalue weighted by Gasteiger charge is 1.88. The lowest BCUT2D eigenvalue weighted by atomic mass is 10.1. The van der Waals surface area contributed by atoms with Gasteiger partial charge in [0, 0.05) is 5.88 Å². The Morgan fingerprint density at radius 2 is 1.65 bits per heavy atom. The summed E-state index contributed by atoms with van der Waals surface area (Å²) in [6, 6.07) is 0. The van der Waals surface area contributed by atoms with Gasteiger partial charge in [-0.25, -0.2) is 0 Å². The molecule has 0 N–H and O–H groups in total. The van der Waals surface area contributed by atoms with Crippen LogP contribution in [0.1, 0.15) is 64.7 Å². The number of rotatable bonds is 14. The van der Waals surface area contributed by atoms with Crippen molar-refractivity contribution in [2.75, 3.05) is 19.1 Å². The number of ether oxygens (including phenoxy) is 1. The number of unbranched alkanes of at least 4 members (excludes halogenated alkanes) is 6. The molecule has 116 valence electrons. The van der Waals surface area contributed by atoms with Gasteiger partial charge in [-0.05, 0) is 37.8 Å². The second kappa shape index (κ2) is 18.5. The van der Waals surface area contributed by atoms with Crippen molar-refractivity contribution in [3.05, 3.63) is 30.0 Å². The highest BCUT2D eigenvalue weighted by molar-refractivity contribution is 6.17. The van der Waals surface area contributed by atoms with E-state index in [1.165, 1.54) is 44.9 Å². The van der Waals surface area contributed by atoms with Gasteiger partial charge in [0.25, 0.3) is 0 Å². The Morgan fingerprint density at radius 1 is 0.900 bits per heavy atom. The molecule has 0 heterocycles. The first-order valence-corrected chi connectivity index (χ1v) is 8.63. The minimum Gasteiger partial charge on any atom is -0.377 e. The molecule has 0 bridgehead atoms. The predicted molar refractivity (Wildman–Crippen MR) is 90.6 cm³/mol. The monoisotopic (exact) mass is 298 g/mol. The summed E-state index contributed by atoms with van der Waals surface area (Å²) in [5, 5.41) is 0. The standard InChI is InChI=1S/C18H31ClO/c1-2-3-4-5-6-7-8-11-14-17-20-18-15-12-9-10-13-16-19/h10-12,14H,2-8,13,15-18H2,1H3/b14-11-. The fourth-order valence-electron chi connectivity index (χ4n) is 1.83. The number of allylic oxidation sites excluding steroid dienone is 1. The van der Waals surface area contributed by atoms with Crippen molar-refractivity contribution in [1.82, 2.24) is 0 Å². The first kappa shape index (κ1) is 19.5. The van der Waals surface area contributed by atoms with Crippen molar-refractivity contribution in [1.29, 1.82) is 0 Å². The molecule has 0 aliphatic heterocycles. The fourth-order valence-corrected chi connectivity index (χ4v) is 1.94. The molecule has 0 spiro atoms. The van der Waals surface area contributed by atoms with Crippen LogP contribution in [-0.2, 0) is 4.74 Å². The minimum atomic E-state index is 0.667. The summed E-state index contributed by atoms with van der Waals surface area (Å²) in [4.78, 5) is 0. The molecule has 20 heavy (non-hydrogen) atoms. The molecule has 0 aromatic carbocycles. The third-order valence-electron chi connectivity index (χ3n) is 3.00. The topological polar surface area (TPSA) is 9.23 Å². The molecule has 0 fully saturated rings. The minimum absolute atomic E-state index is 0.667. The van der Waals surface area contributed by atoms with Crippen molar-refractivity contribution < 1.29 is 4.74 Å². The molecule has 1 nitrogen and oxygen atoms in total. The summed E-state index contributed by atoms with van der Waals surface area (Å²) >= 11 is 5.55. The van der Waals surface area contributed by atoms with Gasteiger partial charge in [0.05, 0.1) is 13.2 Å². The Labute approximate surface area is 130 Å². The zero-order valence-electron chi connectivity index (χ0n) is 13.1. The van der Waals surface area contributed by atoms with E-state index in [-0.39, 0.29) is 0 Å². The number of hydrogen-bond donors (Lipinski definition) is 0. The summed E-state index contributed by atoms with van der Waals surface area (Å²) < 4.78 is 5.50. The smallest absolute Gasteiger partial charge is 0.0647 e. The van der Waals surface area contributed by atoms with Gasteiger partial charge < -0.3 is 4.74 Å². The Hall–Kier alpha value is -0.490. The molecule has 2 heteroatoms. The van der Waals surface area contributed by atoms with Gasteiger partial charge in [0.1, 0.15) is 0 Å². The first-order chi connectivity index (χ1) is 9.91. The lowest BCUT2D eigenvalue weighted by molar-refractivity contribution is 0.167. The largest absolute Gasteiger partial charge is 0.377 e. The van der Waals surface area contributed by atoms with Crippen LogP contribution in [0.4, 0.5) is 0 Å². The molecule has 0 aromatic heterocycles. The average Bonchev–Trinajstić information content (AvgIpc) is 2.47. The van der Waals surface area contributed by atoms with Gasteiger partial charge in [-0.15, -0.1) is 17.3 Å². The summed E-state index contributed by atoms with van der Waals surface area (Å²) in [6.07, 6.45) is 19.5. The van der Waals surface area contributed by atoms with Crippen LogP contribution < -0.4 is 0 Å². The Balaban J connectivity index is 3.18. The lowest BCUT2D eigenvalue weighted by Crippen LogP contribution is -1.92. The second-order valence-corrected chi connectivity index (χ2v) is 5.32. The molecule has 0 radical (unpaired) electrons. The molecule has 0 saturated heterocycles. The van der Waals surface area contributed by atoms with E-state index < -0.39 is 0 Å². The van der Waals surface area contributed by atoms with E-state index in [9.17, 15) is 0 Å². The van der Waals surface area contributed by atoms with Crippen LogP contribution in [0.15, 0.2) is 30.0 Å². The van der Waals surface area contributed by atoms with E-state index in [2.05, 4.69) is 24.8 Å². The third-order valence-corrected chi connectivity index (χ3v) is 3.22. The summed E-state index contributed by atoms with van der Waals surface area (Å²) in [5.74, 6) is 0.667. The van der Waals surface area contributed by atoms with E-state index in [0.29, 0.717) is 5.88 Å². The molecule has 0 saturated carbocycles. The molecule has 0 amide bonds. The van der Waals surface area contributed by atoms with Crippen LogP contribution in [0.2, 0.25) is 0 Å². The normalized spacial score (nSPS) is 10.7. The van der Waals surface area contributed by atoms with Crippen LogP contribution in [0, 0.1) is 0 Å². The van der Waals surface area contributed by atoms with Gasteiger partial charge in [0.15, 0.2) is 0 Å². The maximum atomic E-state index is 5.55. The number of hydrogen-bond acceptors (Lipinski definition) is 1. The first-order valence-electron chi connectivity index (χ1n) is 8.10. The fraction of sp³-hybridized carbons (Fsp3) is 0.722. The Morgan fingerprint density at radius 3 is 2.45 bits per heavy atom. The molecule has 0 atom stereocenters. The van der Waals surface area contributed by atoms with Crippen molar-refractivity contribution >= 4 is 11.6 Å². The number of halogens is 1. The van der Waals surface area contributed by atoms with Gasteiger partial charge in [-0.1, -0.05) is 51.2 Å². The molecular formula is C18H31ClO. The van der Waals surface area contributed by atoms with Crippen molar-refractivity contribution in [3.63, 3.8) is 0 Å². The molecule has 0 aromatic rings. The average molecular weight is 299 g/mol. The van der Waals surface area contributed by atoms with Crippen LogP contribution in [-0.4, -0.2) is 19.1 Å². The van der Waals surface area contributed by atoms with Crippen LogP contribution >= 0.6 is 11.6 Å². The van der Waals surface area contributed by atoms with Crippen LogP contribution in [0.25, 0.3) is 0 Å². The van der Waals surface area contributed by atoms with Crippen LogP contribution in [0.3, 0.4) is 0 Å². The van der Waals surface area contributed by atoms with Gasteiger partial charge in [-0.3, -0.25) is 0 Å². The molecule has 0 aliphatic rings. The summed E-state index contributed by atoms with van der Waals surface area (Å²) in [5.41, 5.74) is 3.09. The quantitative estimate of drug-likeness (QED) is 0.164. The third kappa shape index (κ3) is 17.5. The maximum Gasteiger partial charge on any atom is 0.0647 e. The highest BCUT2D eigenvalue weighted by atomic mass is 35.5. The molecule has 0 unspecified atom stereocenters. The zero-order valence-corrected chi connectivity index (χ0v) is 13.8. The molecule has 0 aliphatic carbocycles. The van der Waals surface area contributed by atoms with E-state index in [0.717, 1.165) is 26.1 Å². The zero-order chi connectivity index (χ0) is 14.7. The lowest BCUT2D eigenvalue weighted by Gasteiger charge is -1.98. The second-order valence-electron chi connectivity index (χ2n) is 4.94. The predicted octanol–water partition coefficient (Wildman–Crippen LogP) is 6.04. The van der Waals surface area contributed by atoms with Crippen molar-refractivity contribution in [2.24, 2.45) is 0 Å². The van der Waals surface area contributed by atoms with Crippen molar-refractivity contribution in [3.8, 4) is 0 Å². The van der Waals surface area contributed by atoms with Gasteiger partial charge >= 0.3 is 0 Å². The van der Waals surface area contributed by atoms with Crippen molar-refractivity contribution in [2.45, 2.75) is 64.7 Å².